The van der Waals surface area contributed by atoms with E-state index in [1.54, 1.807) is 32.5 Å². The van der Waals surface area contributed by atoms with Gasteiger partial charge in [-0.2, -0.15) is 0 Å². The molecular formula is C14H20N2O3. The Morgan fingerprint density at radius 1 is 1.26 bits per heavy atom. The Bertz CT molecular complexity index is 425. The van der Waals surface area contributed by atoms with Crippen LogP contribution in [0.1, 0.15) is 32.1 Å². The zero-order chi connectivity index (χ0) is 13.7. The molecule has 0 bridgehead atoms. The van der Waals surface area contributed by atoms with Crippen molar-refractivity contribution >= 4 is 11.6 Å². The van der Waals surface area contributed by atoms with Gasteiger partial charge in [-0.1, -0.05) is 19.3 Å². The molecule has 1 N–H and O–H groups in total. The van der Waals surface area contributed by atoms with E-state index in [9.17, 15) is 4.79 Å². The number of methoxy groups -OCH3 is 2. The highest BCUT2D eigenvalue weighted by molar-refractivity contribution is 5.97. The van der Waals surface area contributed by atoms with Crippen molar-refractivity contribution in [2.24, 2.45) is 0 Å². The van der Waals surface area contributed by atoms with Crippen LogP contribution in [0.2, 0.25) is 0 Å². The Morgan fingerprint density at radius 3 is 2.53 bits per heavy atom. The molecule has 0 unspecified atom stereocenters. The number of ether oxygens (including phenoxy) is 2. The SMILES string of the molecule is COc1ccc(NC(=O)C2(OC)CCCCC2)cn1. The van der Waals surface area contributed by atoms with E-state index in [0.29, 0.717) is 11.6 Å². The number of nitrogens with zero attached hydrogens (tertiary/aromatic N) is 1. The number of rotatable bonds is 4. The molecule has 5 nitrogen and oxygen atoms in total. The first-order valence-electron chi connectivity index (χ1n) is 6.57. The van der Waals surface area contributed by atoms with Crippen molar-refractivity contribution in [3.8, 4) is 5.88 Å². The van der Waals surface area contributed by atoms with Crippen LogP contribution in [0.25, 0.3) is 0 Å². The van der Waals surface area contributed by atoms with Crippen LogP contribution in [0.4, 0.5) is 5.69 Å². The molecule has 1 aliphatic rings. The number of anilines is 1. The van der Waals surface area contributed by atoms with Crippen LogP contribution >= 0.6 is 0 Å². The molecule has 2 rings (SSSR count). The number of amides is 1. The molecule has 5 heteroatoms. The van der Waals surface area contributed by atoms with Gasteiger partial charge in [0, 0.05) is 13.2 Å². The fourth-order valence-corrected chi connectivity index (χ4v) is 2.47. The molecule has 1 aliphatic carbocycles. The summed E-state index contributed by atoms with van der Waals surface area (Å²) in [5, 5.41) is 2.87. The highest BCUT2D eigenvalue weighted by atomic mass is 16.5. The topological polar surface area (TPSA) is 60.5 Å². The van der Waals surface area contributed by atoms with E-state index >= 15 is 0 Å². The number of carbonyl (C=O) groups is 1. The van der Waals surface area contributed by atoms with Crippen molar-refractivity contribution in [2.75, 3.05) is 19.5 Å². The van der Waals surface area contributed by atoms with Crippen LogP contribution in [-0.2, 0) is 9.53 Å². The largest absolute Gasteiger partial charge is 0.481 e. The number of hydrogen-bond acceptors (Lipinski definition) is 4. The fraction of sp³-hybridized carbons (Fsp3) is 0.571. The highest BCUT2D eigenvalue weighted by Crippen LogP contribution is 2.32. The summed E-state index contributed by atoms with van der Waals surface area (Å²) in [6.07, 6.45) is 6.37. The highest BCUT2D eigenvalue weighted by Gasteiger charge is 2.39. The van der Waals surface area contributed by atoms with E-state index in [4.69, 9.17) is 9.47 Å². The zero-order valence-electron chi connectivity index (χ0n) is 11.4. The van der Waals surface area contributed by atoms with Crippen LogP contribution in [0.3, 0.4) is 0 Å². The van der Waals surface area contributed by atoms with Crippen molar-refractivity contribution in [1.82, 2.24) is 4.98 Å². The molecule has 1 aromatic rings. The van der Waals surface area contributed by atoms with Gasteiger partial charge in [0.05, 0.1) is 19.0 Å². The second-order valence-electron chi connectivity index (χ2n) is 4.80. The lowest BCUT2D eigenvalue weighted by molar-refractivity contribution is -0.141. The van der Waals surface area contributed by atoms with E-state index in [1.165, 1.54) is 6.42 Å². The Morgan fingerprint density at radius 2 is 2.00 bits per heavy atom. The monoisotopic (exact) mass is 264 g/mol. The van der Waals surface area contributed by atoms with Gasteiger partial charge in [-0.3, -0.25) is 4.79 Å². The predicted molar refractivity (Wildman–Crippen MR) is 72.2 cm³/mol. The lowest BCUT2D eigenvalue weighted by atomic mass is 9.84. The third-order valence-electron chi connectivity index (χ3n) is 3.67. The molecule has 19 heavy (non-hydrogen) atoms. The minimum absolute atomic E-state index is 0.0818. The normalized spacial score (nSPS) is 17.8. The van der Waals surface area contributed by atoms with Crippen LogP contribution in [0.15, 0.2) is 18.3 Å². The second kappa shape index (κ2) is 6.02. The number of hydrogen-bond donors (Lipinski definition) is 1. The Kier molecular flexibility index (Phi) is 4.37. The third-order valence-corrected chi connectivity index (χ3v) is 3.67. The van der Waals surface area contributed by atoms with E-state index in [2.05, 4.69) is 10.3 Å². The van der Waals surface area contributed by atoms with Gasteiger partial charge >= 0.3 is 0 Å². The van der Waals surface area contributed by atoms with Crippen molar-refractivity contribution in [1.29, 1.82) is 0 Å². The number of carbonyl (C=O) groups excluding carboxylic acids is 1. The average molecular weight is 264 g/mol. The number of pyridine rings is 1. The lowest BCUT2D eigenvalue weighted by Gasteiger charge is -2.34. The predicted octanol–water partition coefficient (Wildman–Crippen LogP) is 2.38. The molecule has 1 heterocycles. The van der Waals surface area contributed by atoms with Gasteiger partial charge in [0.2, 0.25) is 5.88 Å². The summed E-state index contributed by atoms with van der Waals surface area (Å²) >= 11 is 0. The minimum Gasteiger partial charge on any atom is -0.481 e. The maximum Gasteiger partial charge on any atom is 0.256 e. The first kappa shape index (κ1) is 13.8. The van der Waals surface area contributed by atoms with Gasteiger partial charge in [-0.15, -0.1) is 0 Å². The standard InChI is InChI=1S/C14H20N2O3/c1-18-12-7-6-11(10-15-12)16-13(17)14(19-2)8-4-3-5-9-14/h6-7,10H,3-5,8-9H2,1-2H3,(H,16,17). The fourth-order valence-electron chi connectivity index (χ4n) is 2.47. The Balaban J connectivity index is 2.05. The van der Waals surface area contributed by atoms with Crippen molar-refractivity contribution in [3.63, 3.8) is 0 Å². The van der Waals surface area contributed by atoms with Crippen molar-refractivity contribution < 1.29 is 14.3 Å². The number of aromatic nitrogens is 1. The molecule has 1 amide bonds. The zero-order valence-corrected chi connectivity index (χ0v) is 11.4. The van der Waals surface area contributed by atoms with Gasteiger partial charge < -0.3 is 14.8 Å². The quantitative estimate of drug-likeness (QED) is 0.907. The molecule has 0 radical (unpaired) electrons. The van der Waals surface area contributed by atoms with Crippen molar-refractivity contribution in [2.45, 2.75) is 37.7 Å². The Hall–Kier alpha value is -1.62. The van der Waals surface area contributed by atoms with Crippen LogP contribution in [0.5, 0.6) is 5.88 Å². The smallest absolute Gasteiger partial charge is 0.256 e. The van der Waals surface area contributed by atoms with Gasteiger partial charge in [-0.25, -0.2) is 4.98 Å². The van der Waals surface area contributed by atoms with Gasteiger partial charge in [0.1, 0.15) is 5.60 Å². The lowest BCUT2D eigenvalue weighted by Crippen LogP contribution is -2.46. The first-order chi connectivity index (χ1) is 9.20. The van der Waals surface area contributed by atoms with Crippen LogP contribution in [-0.4, -0.2) is 30.7 Å². The summed E-state index contributed by atoms with van der Waals surface area (Å²) in [5.74, 6) is 0.443. The van der Waals surface area contributed by atoms with Crippen LogP contribution < -0.4 is 10.1 Å². The molecule has 0 aromatic carbocycles. The minimum atomic E-state index is -0.682. The molecule has 0 atom stereocenters. The summed E-state index contributed by atoms with van der Waals surface area (Å²) < 4.78 is 10.5. The van der Waals surface area contributed by atoms with Crippen molar-refractivity contribution in [3.05, 3.63) is 18.3 Å². The molecule has 1 fully saturated rings. The molecule has 0 saturated heterocycles. The third kappa shape index (κ3) is 3.04. The molecule has 0 aliphatic heterocycles. The molecule has 0 spiro atoms. The summed E-state index contributed by atoms with van der Waals surface area (Å²) in [6, 6.07) is 3.49. The van der Waals surface area contributed by atoms with E-state index in [0.717, 1.165) is 25.7 Å². The second-order valence-corrected chi connectivity index (χ2v) is 4.80. The van der Waals surface area contributed by atoms with Gasteiger partial charge in [-0.05, 0) is 18.9 Å². The Labute approximate surface area is 113 Å². The first-order valence-corrected chi connectivity index (χ1v) is 6.57. The maximum atomic E-state index is 12.4. The maximum absolute atomic E-state index is 12.4. The average Bonchev–Trinajstić information content (AvgIpc) is 2.48. The molecule has 1 aromatic heterocycles. The summed E-state index contributed by atoms with van der Waals surface area (Å²) in [5.41, 5.74) is -0.0224. The molecule has 1 saturated carbocycles. The van der Waals surface area contributed by atoms with E-state index in [-0.39, 0.29) is 5.91 Å². The molecule has 104 valence electrons. The van der Waals surface area contributed by atoms with E-state index < -0.39 is 5.60 Å². The van der Waals surface area contributed by atoms with E-state index in [1.807, 2.05) is 0 Å². The number of nitrogens with one attached hydrogen (secondary N) is 1. The summed E-state index contributed by atoms with van der Waals surface area (Å²) in [7, 11) is 3.17. The van der Waals surface area contributed by atoms with Gasteiger partial charge in [0.25, 0.3) is 5.91 Å². The summed E-state index contributed by atoms with van der Waals surface area (Å²) in [4.78, 5) is 16.4. The van der Waals surface area contributed by atoms with Crippen LogP contribution in [0, 0.1) is 0 Å². The summed E-state index contributed by atoms with van der Waals surface area (Å²) in [6.45, 7) is 0. The van der Waals surface area contributed by atoms with Gasteiger partial charge in [0.15, 0.2) is 0 Å². The molecular weight excluding hydrogens is 244 g/mol.